The van der Waals surface area contributed by atoms with Gasteiger partial charge in [-0.2, -0.15) is 11.8 Å². The summed E-state index contributed by atoms with van der Waals surface area (Å²) in [6.07, 6.45) is 1.88. The molecule has 17 heavy (non-hydrogen) atoms. The summed E-state index contributed by atoms with van der Waals surface area (Å²) in [5, 5.41) is 0. The van der Waals surface area contributed by atoms with Crippen molar-refractivity contribution < 1.29 is 12.8 Å². The lowest BCUT2D eigenvalue weighted by atomic mass is 10.3. The van der Waals surface area contributed by atoms with Gasteiger partial charge in [-0.15, -0.1) is 0 Å². The van der Waals surface area contributed by atoms with E-state index in [9.17, 15) is 12.8 Å². The molecule has 1 aromatic rings. The second-order valence-electron chi connectivity index (χ2n) is 3.53. The number of hydrogen-bond acceptors (Lipinski definition) is 3. The van der Waals surface area contributed by atoms with Crippen LogP contribution in [-0.4, -0.2) is 26.5 Å². The van der Waals surface area contributed by atoms with Gasteiger partial charge in [0.1, 0.15) is 10.7 Å². The van der Waals surface area contributed by atoms with Gasteiger partial charge in [0.25, 0.3) is 0 Å². The Morgan fingerprint density at radius 3 is 2.71 bits per heavy atom. The van der Waals surface area contributed by atoms with Gasteiger partial charge in [-0.1, -0.05) is 6.07 Å². The van der Waals surface area contributed by atoms with Crippen LogP contribution in [0.1, 0.15) is 6.92 Å². The van der Waals surface area contributed by atoms with Gasteiger partial charge >= 0.3 is 0 Å². The van der Waals surface area contributed by atoms with Gasteiger partial charge in [-0.05, 0) is 41.2 Å². The molecule has 1 atom stereocenters. The minimum atomic E-state index is -3.83. The zero-order chi connectivity index (χ0) is 13.1. The highest BCUT2D eigenvalue weighted by Gasteiger charge is 2.23. The van der Waals surface area contributed by atoms with Crippen LogP contribution >= 0.6 is 27.7 Å². The largest absolute Gasteiger partial charge is 0.244 e. The molecule has 0 bridgehead atoms. The van der Waals surface area contributed by atoms with Gasteiger partial charge in [0.05, 0.1) is 0 Å². The molecule has 0 amide bonds. The van der Waals surface area contributed by atoms with E-state index in [0.717, 1.165) is 6.07 Å². The molecule has 7 heteroatoms. The smallest absolute Gasteiger partial charge is 0.207 e. The van der Waals surface area contributed by atoms with E-state index in [0.29, 0.717) is 5.75 Å². The van der Waals surface area contributed by atoms with E-state index >= 15 is 0 Å². The van der Waals surface area contributed by atoms with Crippen LogP contribution in [0.5, 0.6) is 0 Å². The van der Waals surface area contributed by atoms with Crippen molar-refractivity contribution in [2.75, 3.05) is 12.0 Å². The Balaban J connectivity index is 3.06. The minimum Gasteiger partial charge on any atom is -0.207 e. The van der Waals surface area contributed by atoms with Gasteiger partial charge in [0.15, 0.2) is 0 Å². The molecule has 0 fully saturated rings. The van der Waals surface area contributed by atoms with Crippen LogP contribution in [0.4, 0.5) is 4.39 Å². The Bertz CT molecular complexity index is 473. The fourth-order valence-corrected chi connectivity index (χ4v) is 4.40. The van der Waals surface area contributed by atoms with Crippen molar-refractivity contribution in [1.29, 1.82) is 0 Å². The van der Waals surface area contributed by atoms with E-state index in [-0.39, 0.29) is 15.4 Å². The van der Waals surface area contributed by atoms with Crippen LogP contribution in [0.2, 0.25) is 0 Å². The van der Waals surface area contributed by atoms with Crippen LogP contribution in [0, 0.1) is 5.82 Å². The molecule has 0 saturated heterocycles. The molecule has 1 rings (SSSR count). The maximum atomic E-state index is 13.5. The number of halogens is 2. The minimum absolute atomic E-state index is 0.223. The molecule has 0 spiro atoms. The zero-order valence-electron chi connectivity index (χ0n) is 9.41. The third kappa shape index (κ3) is 3.94. The lowest BCUT2D eigenvalue weighted by molar-refractivity contribution is 0.548. The highest BCUT2D eigenvalue weighted by molar-refractivity contribution is 9.10. The van der Waals surface area contributed by atoms with Crippen molar-refractivity contribution in [3.8, 4) is 0 Å². The summed E-state index contributed by atoms with van der Waals surface area (Å²) >= 11 is 4.57. The summed E-state index contributed by atoms with van der Waals surface area (Å²) in [5.74, 6) is -0.131. The van der Waals surface area contributed by atoms with Gasteiger partial charge < -0.3 is 0 Å². The molecule has 0 radical (unpaired) electrons. The third-order valence-electron chi connectivity index (χ3n) is 1.96. The molecule has 0 unspecified atom stereocenters. The van der Waals surface area contributed by atoms with Gasteiger partial charge in [-0.3, -0.25) is 0 Å². The number of sulfonamides is 1. The first-order valence-corrected chi connectivity index (χ1v) is 8.50. The van der Waals surface area contributed by atoms with Crippen LogP contribution < -0.4 is 4.72 Å². The van der Waals surface area contributed by atoms with Crippen LogP contribution in [0.15, 0.2) is 27.6 Å². The zero-order valence-corrected chi connectivity index (χ0v) is 12.6. The number of benzene rings is 1. The van der Waals surface area contributed by atoms with Gasteiger partial charge in [-0.25, -0.2) is 17.5 Å². The fraction of sp³-hybridized carbons (Fsp3) is 0.400. The molecule has 1 N–H and O–H groups in total. The molecule has 0 aliphatic carbocycles. The molecule has 96 valence electrons. The van der Waals surface area contributed by atoms with Crippen molar-refractivity contribution >= 4 is 37.7 Å². The Morgan fingerprint density at radius 2 is 2.18 bits per heavy atom. The lowest BCUT2D eigenvalue weighted by Crippen LogP contribution is -2.34. The standard InChI is InChI=1S/C10H13BrFNO2S2/c1-7(6-16-2)13-17(14,15)10-8(11)4-3-5-9(10)12/h3-5,7,13H,6H2,1-2H3/t7-/m0/s1. The Hall–Kier alpha value is -0.110. The highest BCUT2D eigenvalue weighted by atomic mass is 79.9. The molecular formula is C10H13BrFNO2S2. The quantitative estimate of drug-likeness (QED) is 0.895. The average Bonchev–Trinajstić information content (AvgIpc) is 2.15. The Labute approximate surface area is 113 Å². The van der Waals surface area contributed by atoms with Crippen molar-refractivity contribution in [3.05, 3.63) is 28.5 Å². The van der Waals surface area contributed by atoms with Crippen LogP contribution in [-0.2, 0) is 10.0 Å². The maximum Gasteiger partial charge on any atom is 0.244 e. The normalized spacial score (nSPS) is 13.6. The molecule has 0 aliphatic heterocycles. The summed E-state index contributed by atoms with van der Waals surface area (Å²) in [6.45, 7) is 1.74. The maximum absolute atomic E-state index is 13.5. The predicted molar refractivity (Wildman–Crippen MR) is 72.3 cm³/mol. The van der Waals surface area contributed by atoms with Crippen molar-refractivity contribution in [3.63, 3.8) is 0 Å². The molecule has 0 saturated carbocycles. The Morgan fingerprint density at radius 1 is 1.53 bits per heavy atom. The third-order valence-corrected chi connectivity index (χ3v) is 5.38. The summed E-state index contributed by atoms with van der Waals surface area (Å²) in [7, 11) is -3.83. The molecule has 0 aromatic heterocycles. The molecular weight excluding hydrogens is 329 g/mol. The van der Waals surface area contributed by atoms with Crippen molar-refractivity contribution in [2.24, 2.45) is 0 Å². The summed E-state index contributed by atoms with van der Waals surface area (Å²) in [4.78, 5) is -0.340. The summed E-state index contributed by atoms with van der Waals surface area (Å²) < 4.78 is 40.1. The number of rotatable bonds is 5. The first kappa shape index (κ1) is 14.9. The van der Waals surface area contributed by atoms with Crippen molar-refractivity contribution in [1.82, 2.24) is 4.72 Å². The second kappa shape index (κ2) is 6.17. The number of hydrogen-bond donors (Lipinski definition) is 1. The van der Waals surface area contributed by atoms with Crippen molar-refractivity contribution in [2.45, 2.75) is 17.9 Å². The van der Waals surface area contributed by atoms with E-state index in [1.54, 1.807) is 6.92 Å². The Kier molecular flexibility index (Phi) is 5.43. The van der Waals surface area contributed by atoms with Crippen LogP contribution in [0.25, 0.3) is 0 Å². The van der Waals surface area contributed by atoms with E-state index in [1.807, 2.05) is 6.26 Å². The van der Waals surface area contributed by atoms with Crippen LogP contribution in [0.3, 0.4) is 0 Å². The van der Waals surface area contributed by atoms with E-state index in [4.69, 9.17) is 0 Å². The summed E-state index contributed by atoms with van der Waals surface area (Å²) in [6, 6.07) is 3.82. The van der Waals surface area contributed by atoms with E-state index < -0.39 is 15.8 Å². The number of thioether (sulfide) groups is 1. The SMILES string of the molecule is CSC[C@H](C)NS(=O)(=O)c1c(F)cccc1Br. The fourth-order valence-electron chi connectivity index (χ4n) is 1.35. The number of nitrogens with one attached hydrogen (secondary N) is 1. The first-order valence-electron chi connectivity index (χ1n) is 4.83. The van der Waals surface area contributed by atoms with Gasteiger partial charge in [0, 0.05) is 16.3 Å². The first-order chi connectivity index (χ1) is 7.88. The lowest BCUT2D eigenvalue weighted by Gasteiger charge is -2.14. The molecule has 3 nitrogen and oxygen atoms in total. The molecule has 1 aromatic carbocycles. The topological polar surface area (TPSA) is 46.2 Å². The monoisotopic (exact) mass is 341 g/mol. The summed E-state index contributed by atoms with van der Waals surface area (Å²) in [5.41, 5.74) is 0. The predicted octanol–water partition coefficient (Wildman–Crippen LogP) is 2.62. The van der Waals surface area contributed by atoms with E-state index in [2.05, 4.69) is 20.7 Å². The van der Waals surface area contributed by atoms with Gasteiger partial charge in [0.2, 0.25) is 10.0 Å². The average molecular weight is 342 g/mol. The molecule has 0 heterocycles. The highest BCUT2D eigenvalue weighted by Crippen LogP contribution is 2.24. The molecule has 0 aliphatic rings. The second-order valence-corrected chi connectivity index (χ2v) is 6.94. The van der Waals surface area contributed by atoms with E-state index in [1.165, 1.54) is 23.9 Å².